The van der Waals surface area contributed by atoms with E-state index in [1.54, 1.807) is 18.2 Å². The fraction of sp³-hybridized carbons (Fsp3) is 0.500. The molecule has 1 fully saturated rings. The molecule has 0 bridgehead atoms. The van der Waals surface area contributed by atoms with Crippen LogP contribution < -0.4 is 5.32 Å². The molecule has 1 aromatic rings. The van der Waals surface area contributed by atoms with Crippen LogP contribution in [0.5, 0.6) is 0 Å². The lowest BCUT2D eigenvalue weighted by atomic mass is 9.98. The molecule has 2 N–H and O–H groups in total. The van der Waals surface area contributed by atoms with Gasteiger partial charge < -0.3 is 15.2 Å². The zero-order valence-corrected chi connectivity index (χ0v) is 12.2. The Morgan fingerprint density at radius 1 is 1.43 bits per heavy atom. The van der Waals surface area contributed by atoms with Gasteiger partial charge in [-0.2, -0.15) is 0 Å². The Morgan fingerprint density at radius 3 is 2.95 bits per heavy atom. The maximum absolute atomic E-state index is 12.1. The smallest absolute Gasteiger partial charge is 0.335 e. The molecule has 2 atom stereocenters. The van der Waals surface area contributed by atoms with Crippen molar-refractivity contribution >= 4 is 11.9 Å². The summed E-state index contributed by atoms with van der Waals surface area (Å²) >= 11 is 0. The number of amides is 1. The van der Waals surface area contributed by atoms with Gasteiger partial charge in [-0.1, -0.05) is 19.1 Å². The van der Waals surface area contributed by atoms with Gasteiger partial charge in [0.15, 0.2) is 0 Å². The largest absolute Gasteiger partial charge is 0.478 e. The van der Waals surface area contributed by atoms with Crippen molar-refractivity contribution in [2.24, 2.45) is 5.92 Å². The van der Waals surface area contributed by atoms with Crippen LogP contribution in [0, 0.1) is 5.92 Å². The summed E-state index contributed by atoms with van der Waals surface area (Å²) in [5.41, 5.74) is 1.18. The van der Waals surface area contributed by atoms with Crippen molar-refractivity contribution in [3.05, 3.63) is 35.4 Å². The van der Waals surface area contributed by atoms with Gasteiger partial charge in [0.25, 0.3) is 0 Å². The molecule has 21 heavy (non-hydrogen) atoms. The molecule has 0 saturated carbocycles. The monoisotopic (exact) mass is 291 g/mol. The van der Waals surface area contributed by atoms with E-state index in [0.29, 0.717) is 19.6 Å². The Hall–Kier alpha value is -1.88. The summed E-state index contributed by atoms with van der Waals surface area (Å²) in [6.07, 6.45) is 2.27. The lowest BCUT2D eigenvalue weighted by Gasteiger charge is -2.16. The molecule has 5 nitrogen and oxygen atoms in total. The van der Waals surface area contributed by atoms with E-state index in [2.05, 4.69) is 5.32 Å². The average molecular weight is 291 g/mol. The zero-order chi connectivity index (χ0) is 15.2. The molecule has 0 spiro atoms. The number of carboxylic acids is 1. The molecule has 1 aliphatic heterocycles. The highest BCUT2D eigenvalue weighted by Gasteiger charge is 2.32. The number of hydrogen-bond acceptors (Lipinski definition) is 3. The molecule has 2 unspecified atom stereocenters. The van der Waals surface area contributed by atoms with Gasteiger partial charge in [-0.05, 0) is 37.0 Å². The second-order valence-corrected chi connectivity index (χ2v) is 5.26. The summed E-state index contributed by atoms with van der Waals surface area (Å²) in [7, 11) is 0. The van der Waals surface area contributed by atoms with E-state index in [0.717, 1.165) is 18.4 Å². The molecule has 1 heterocycles. The Balaban J connectivity index is 1.82. The van der Waals surface area contributed by atoms with E-state index in [-0.39, 0.29) is 23.5 Å². The van der Waals surface area contributed by atoms with E-state index < -0.39 is 5.97 Å². The number of carbonyl (C=O) groups excluding carboxylic acids is 1. The molecular formula is C16H21NO4. The lowest BCUT2D eigenvalue weighted by Crippen LogP contribution is -2.36. The fourth-order valence-electron chi connectivity index (χ4n) is 2.67. The molecule has 1 aromatic carbocycles. The molecule has 0 aromatic heterocycles. The van der Waals surface area contributed by atoms with Crippen molar-refractivity contribution in [3.63, 3.8) is 0 Å². The first-order valence-corrected chi connectivity index (χ1v) is 7.33. The van der Waals surface area contributed by atoms with Crippen LogP contribution in [0.25, 0.3) is 0 Å². The second-order valence-electron chi connectivity index (χ2n) is 5.26. The number of carbonyl (C=O) groups is 2. The summed E-state index contributed by atoms with van der Waals surface area (Å²) in [5, 5.41) is 11.9. The van der Waals surface area contributed by atoms with Gasteiger partial charge in [0.2, 0.25) is 5.91 Å². The van der Waals surface area contributed by atoms with Crippen LogP contribution in [0.2, 0.25) is 0 Å². The summed E-state index contributed by atoms with van der Waals surface area (Å²) < 4.78 is 5.52. The van der Waals surface area contributed by atoms with Crippen molar-refractivity contribution in [1.29, 1.82) is 0 Å². The van der Waals surface area contributed by atoms with Crippen molar-refractivity contribution in [2.75, 3.05) is 13.2 Å². The first kappa shape index (κ1) is 15.5. The number of carboxylic acid groups (broad SMARTS) is 1. The van der Waals surface area contributed by atoms with E-state index in [4.69, 9.17) is 9.84 Å². The highest BCUT2D eigenvalue weighted by molar-refractivity contribution is 5.87. The Bertz CT molecular complexity index is 515. The van der Waals surface area contributed by atoms with Gasteiger partial charge in [0, 0.05) is 13.2 Å². The number of nitrogens with one attached hydrogen (secondary N) is 1. The summed E-state index contributed by atoms with van der Waals surface area (Å²) in [6.45, 7) is 3.18. The van der Waals surface area contributed by atoms with Crippen LogP contribution in [0.4, 0.5) is 0 Å². The van der Waals surface area contributed by atoms with Crippen molar-refractivity contribution in [3.8, 4) is 0 Å². The van der Waals surface area contributed by atoms with Crippen molar-refractivity contribution < 1.29 is 19.4 Å². The summed E-state index contributed by atoms with van der Waals surface area (Å²) in [6, 6.07) is 6.79. The minimum atomic E-state index is -0.935. The van der Waals surface area contributed by atoms with Gasteiger partial charge in [-0.15, -0.1) is 0 Å². The highest BCUT2D eigenvalue weighted by Crippen LogP contribution is 2.23. The summed E-state index contributed by atoms with van der Waals surface area (Å²) in [4.78, 5) is 23.0. The zero-order valence-electron chi connectivity index (χ0n) is 12.2. The van der Waals surface area contributed by atoms with Crippen molar-refractivity contribution in [2.45, 2.75) is 32.3 Å². The Labute approximate surface area is 124 Å². The van der Waals surface area contributed by atoms with Gasteiger partial charge in [0.05, 0.1) is 17.6 Å². The number of benzene rings is 1. The number of hydrogen-bond donors (Lipinski definition) is 2. The lowest BCUT2D eigenvalue weighted by molar-refractivity contribution is -0.126. The minimum Gasteiger partial charge on any atom is -0.478 e. The van der Waals surface area contributed by atoms with Gasteiger partial charge in [0.1, 0.15) is 0 Å². The first-order valence-electron chi connectivity index (χ1n) is 7.33. The van der Waals surface area contributed by atoms with Crippen LogP contribution in [-0.4, -0.2) is 36.2 Å². The van der Waals surface area contributed by atoms with Gasteiger partial charge in [-0.3, -0.25) is 4.79 Å². The molecule has 5 heteroatoms. The first-order chi connectivity index (χ1) is 10.1. The molecular weight excluding hydrogens is 270 g/mol. The van der Waals surface area contributed by atoms with Crippen LogP contribution in [0.3, 0.4) is 0 Å². The van der Waals surface area contributed by atoms with Gasteiger partial charge >= 0.3 is 5.97 Å². The molecule has 1 amide bonds. The SMILES string of the molecule is CCC1OCCC1C(=O)NCCc1cccc(C(=O)O)c1. The third kappa shape index (κ3) is 4.04. The van der Waals surface area contributed by atoms with E-state index in [1.807, 2.05) is 13.0 Å². The third-order valence-corrected chi connectivity index (χ3v) is 3.84. The second kappa shape index (κ2) is 7.22. The minimum absolute atomic E-state index is 0.0281. The molecule has 0 aliphatic carbocycles. The third-order valence-electron chi connectivity index (χ3n) is 3.84. The quantitative estimate of drug-likeness (QED) is 0.839. The topological polar surface area (TPSA) is 75.6 Å². The van der Waals surface area contributed by atoms with E-state index >= 15 is 0 Å². The number of aromatic carboxylic acids is 1. The average Bonchev–Trinajstić information content (AvgIpc) is 2.96. The van der Waals surface area contributed by atoms with Gasteiger partial charge in [-0.25, -0.2) is 4.79 Å². The molecule has 114 valence electrons. The highest BCUT2D eigenvalue weighted by atomic mass is 16.5. The molecule has 1 aliphatic rings. The molecule has 1 saturated heterocycles. The standard InChI is InChI=1S/C16H21NO4/c1-2-14-13(7-9-21-14)15(18)17-8-6-11-4-3-5-12(10-11)16(19)20/h3-5,10,13-14H,2,6-9H2,1H3,(H,17,18)(H,19,20). The van der Waals surface area contributed by atoms with Crippen LogP contribution >= 0.6 is 0 Å². The maximum atomic E-state index is 12.1. The van der Waals surface area contributed by atoms with E-state index in [9.17, 15) is 9.59 Å². The predicted molar refractivity (Wildman–Crippen MR) is 78.3 cm³/mol. The van der Waals surface area contributed by atoms with E-state index in [1.165, 1.54) is 0 Å². The van der Waals surface area contributed by atoms with Crippen LogP contribution in [-0.2, 0) is 16.0 Å². The van der Waals surface area contributed by atoms with Crippen LogP contribution in [0.15, 0.2) is 24.3 Å². The normalized spacial score (nSPS) is 21.2. The predicted octanol–water partition coefficient (Wildman–Crippen LogP) is 1.86. The molecule has 0 radical (unpaired) electrons. The van der Waals surface area contributed by atoms with Crippen molar-refractivity contribution in [1.82, 2.24) is 5.32 Å². The fourth-order valence-corrected chi connectivity index (χ4v) is 2.67. The Morgan fingerprint density at radius 2 is 2.24 bits per heavy atom. The number of rotatable bonds is 6. The summed E-state index contributed by atoms with van der Waals surface area (Å²) in [5.74, 6) is -0.955. The molecule has 2 rings (SSSR count). The van der Waals surface area contributed by atoms with Crippen LogP contribution in [0.1, 0.15) is 35.7 Å². The maximum Gasteiger partial charge on any atom is 0.335 e. The Kier molecular flexibility index (Phi) is 5.33. The number of ether oxygens (including phenoxy) is 1.